The van der Waals surface area contributed by atoms with E-state index >= 15 is 0 Å². The molecule has 0 aliphatic heterocycles. The Bertz CT molecular complexity index is 615. The van der Waals surface area contributed by atoms with Crippen molar-refractivity contribution in [3.05, 3.63) is 24.0 Å². The fourth-order valence-electron chi connectivity index (χ4n) is 1.85. The maximum absolute atomic E-state index is 13.2. The van der Waals surface area contributed by atoms with Gasteiger partial charge in [-0.25, -0.2) is 12.8 Å². The van der Waals surface area contributed by atoms with E-state index in [4.69, 9.17) is 5.73 Å². The fraction of sp³-hybridized carbons (Fsp3) is 0.462. The smallest absolute Gasteiger partial charge is 0.245 e. The molecule has 0 aliphatic rings. The number of hydrogen-bond acceptors (Lipinski definition) is 4. The zero-order chi connectivity index (χ0) is 16.2. The topological polar surface area (TPSA) is 83.7 Å². The zero-order valence-corrected chi connectivity index (χ0v) is 13.2. The van der Waals surface area contributed by atoms with Gasteiger partial charge < -0.3 is 10.6 Å². The lowest BCUT2D eigenvalue weighted by atomic mass is 10.3. The quantitative estimate of drug-likeness (QED) is 0.790. The highest BCUT2D eigenvalue weighted by molar-refractivity contribution is 7.89. The molecule has 0 saturated heterocycles. The van der Waals surface area contributed by atoms with Crippen LogP contribution >= 0.6 is 0 Å². The van der Waals surface area contributed by atoms with Gasteiger partial charge in [-0.3, -0.25) is 4.79 Å². The maximum atomic E-state index is 13.2. The second kappa shape index (κ2) is 6.86. The van der Waals surface area contributed by atoms with Crippen LogP contribution in [-0.4, -0.2) is 50.2 Å². The Kier molecular flexibility index (Phi) is 5.68. The predicted octanol–water partition coefficient (Wildman–Crippen LogP) is 0.897. The van der Waals surface area contributed by atoms with Crippen LogP contribution in [0.4, 0.5) is 10.1 Å². The summed E-state index contributed by atoms with van der Waals surface area (Å²) in [7, 11) is -2.75. The van der Waals surface area contributed by atoms with Gasteiger partial charge in [0.1, 0.15) is 10.7 Å². The first-order valence-corrected chi connectivity index (χ1v) is 7.97. The molecule has 0 aliphatic carbocycles. The predicted molar refractivity (Wildman–Crippen MR) is 78.6 cm³/mol. The van der Waals surface area contributed by atoms with E-state index in [0.717, 1.165) is 16.4 Å². The molecule has 0 heterocycles. The van der Waals surface area contributed by atoms with Crippen molar-refractivity contribution in [3.63, 3.8) is 0 Å². The summed E-state index contributed by atoms with van der Waals surface area (Å²) >= 11 is 0. The van der Waals surface area contributed by atoms with E-state index in [2.05, 4.69) is 0 Å². The number of benzene rings is 1. The number of carbonyl (C=O) groups excluding carboxylic acids is 1. The maximum Gasteiger partial charge on any atom is 0.245 e. The summed E-state index contributed by atoms with van der Waals surface area (Å²) in [6.45, 7) is 4.28. The molecule has 118 valence electrons. The van der Waals surface area contributed by atoms with Crippen LogP contribution in [0.25, 0.3) is 0 Å². The number of carbonyl (C=O) groups is 1. The second-order valence-corrected chi connectivity index (χ2v) is 6.52. The number of rotatable bonds is 6. The molecule has 0 atom stereocenters. The van der Waals surface area contributed by atoms with E-state index in [0.29, 0.717) is 13.1 Å². The van der Waals surface area contributed by atoms with E-state index in [1.807, 2.05) is 0 Å². The molecule has 8 heteroatoms. The Labute approximate surface area is 124 Å². The van der Waals surface area contributed by atoms with Gasteiger partial charge in [-0.1, -0.05) is 0 Å². The highest BCUT2D eigenvalue weighted by Crippen LogP contribution is 2.22. The SMILES string of the molecule is CCN(CC)C(=O)CN(C)S(=O)(=O)c1cc(F)ccc1N. The monoisotopic (exact) mass is 317 g/mol. The Morgan fingerprint density at radius 2 is 1.86 bits per heavy atom. The minimum Gasteiger partial charge on any atom is -0.398 e. The van der Waals surface area contributed by atoms with Crippen molar-refractivity contribution in [2.75, 3.05) is 32.4 Å². The van der Waals surface area contributed by atoms with Crippen molar-refractivity contribution in [1.29, 1.82) is 0 Å². The molecule has 1 rings (SSSR count). The van der Waals surface area contributed by atoms with Crippen LogP contribution in [0.15, 0.2) is 23.1 Å². The molecule has 6 nitrogen and oxygen atoms in total. The first-order valence-electron chi connectivity index (χ1n) is 6.53. The lowest BCUT2D eigenvalue weighted by Gasteiger charge is -2.23. The molecule has 1 amide bonds. The Balaban J connectivity index is 3.02. The van der Waals surface area contributed by atoms with Gasteiger partial charge in [-0.15, -0.1) is 0 Å². The molecule has 0 bridgehead atoms. The van der Waals surface area contributed by atoms with Gasteiger partial charge in [0, 0.05) is 20.1 Å². The van der Waals surface area contributed by atoms with Gasteiger partial charge in [0.25, 0.3) is 0 Å². The molecule has 0 spiro atoms. The van der Waals surface area contributed by atoms with Crippen molar-refractivity contribution in [2.45, 2.75) is 18.7 Å². The minimum atomic E-state index is -4.02. The number of anilines is 1. The van der Waals surface area contributed by atoms with Gasteiger partial charge in [0.05, 0.1) is 12.2 Å². The van der Waals surface area contributed by atoms with Crippen LogP contribution in [-0.2, 0) is 14.8 Å². The number of nitrogens with zero attached hydrogens (tertiary/aromatic N) is 2. The number of hydrogen-bond donors (Lipinski definition) is 1. The third-order valence-corrected chi connectivity index (χ3v) is 5.00. The largest absolute Gasteiger partial charge is 0.398 e. The van der Waals surface area contributed by atoms with E-state index in [9.17, 15) is 17.6 Å². The Morgan fingerprint density at radius 3 is 2.38 bits per heavy atom. The third-order valence-electron chi connectivity index (χ3n) is 3.14. The summed E-state index contributed by atoms with van der Waals surface area (Å²) in [5.41, 5.74) is 5.53. The molecule has 0 radical (unpaired) electrons. The van der Waals surface area contributed by atoms with Crippen molar-refractivity contribution in [1.82, 2.24) is 9.21 Å². The molecule has 1 aromatic rings. The summed E-state index contributed by atoms with van der Waals surface area (Å²) in [5, 5.41) is 0. The van der Waals surface area contributed by atoms with E-state index in [1.54, 1.807) is 13.8 Å². The first kappa shape index (κ1) is 17.4. The lowest BCUT2D eigenvalue weighted by molar-refractivity contribution is -0.130. The Morgan fingerprint density at radius 1 is 1.29 bits per heavy atom. The summed E-state index contributed by atoms with van der Waals surface area (Å²) in [6.07, 6.45) is 0. The van der Waals surface area contributed by atoms with Crippen LogP contribution in [0, 0.1) is 5.82 Å². The van der Waals surface area contributed by atoms with E-state index in [-0.39, 0.29) is 23.0 Å². The second-order valence-electron chi connectivity index (χ2n) is 4.51. The molecule has 0 saturated carbocycles. The Hall–Kier alpha value is -1.67. The number of halogens is 1. The van der Waals surface area contributed by atoms with Crippen molar-refractivity contribution >= 4 is 21.6 Å². The number of sulfonamides is 1. The normalized spacial score (nSPS) is 11.7. The molecule has 0 fully saturated rings. The van der Waals surface area contributed by atoms with Crippen LogP contribution in [0.2, 0.25) is 0 Å². The molecule has 0 aromatic heterocycles. The number of likely N-dealkylation sites (N-methyl/N-ethyl adjacent to an activating group) is 2. The lowest BCUT2D eigenvalue weighted by Crippen LogP contribution is -2.41. The van der Waals surface area contributed by atoms with Gasteiger partial charge >= 0.3 is 0 Å². The van der Waals surface area contributed by atoms with Gasteiger partial charge in [-0.05, 0) is 32.0 Å². The van der Waals surface area contributed by atoms with Crippen LogP contribution < -0.4 is 5.73 Å². The van der Waals surface area contributed by atoms with Gasteiger partial charge in [0.15, 0.2) is 0 Å². The van der Waals surface area contributed by atoms with Crippen LogP contribution in [0.1, 0.15) is 13.8 Å². The van der Waals surface area contributed by atoms with Gasteiger partial charge in [0.2, 0.25) is 15.9 Å². The first-order chi connectivity index (χ1) is 9.73. The minimum absolute atomic E-state index is 0.0569. The third kappa shape index (κ3) is 3.92. The average Bonchev–Trinajstić information content (AvgIpc) is 2.42. The number of nitrogens with two attached hydrogens (primary N) is 1. The highest BCUT2D eigenvalue weighted by Gasteiger charge is 2.26. The molecule has 0 unspecified atom stereocenters. The highest BCUT2D eigenvalue weighted by atomic mass is 32.2. The zero-order valence-electron chi connectivity index (χ0n) is 12.3. The molecular weight excluding hydrogens is 297 g/mol. The number of amides is 1. The van der Waals surface area contributed by atoms with Crippen molar-refractivity contribution < 1.29 is 17.6 Å². The molecular formula is C13H20FN3O3S. The summed E-state index contributed by atoms with van der Waals surface area (Å²) in [4.78, 5) is 13.1. The summed E-state index contributed by atoms with van der Waals surface area (Å²) in [5.74, 6) is -1.02. The van der Waals surface area contributed by atoms with Crippen LogP contribution in [0.3, 0.4) is 0 Å². The van der Waals surface area contributed by atoms with Crippen LogP contribution in [0.5, 0.6) is 0 Å². The van der Waals surface area contributed by atoms with Gasteiger partial charge in [-0.2, -0.15) is 4.31 Å². The van der Waals surface area contributed by atoms with E-state index < -0.39 is 15.8 Å². The standard InChI is InChI=1S/C13H20FN3O3S/c1-4-17(5-2)13(18)9-16(3)21(19,20)12-8-10(14)6-7-11(12)15/h6-8H,4-5,9,15H2,1-3H3. The molecule has 1 aromatic carbocycles. The summed E-state index contributed by atoms with van der Waals surface area (Å²) in [6, 6.07) is 3.11. The fourth-order valence-corrected chi connectivity index (χ4v) is 3.09. The molecule has 21 heavy (non-hydrogen) atoms. The van der Waals surface area contributed by atoms with Crippen molar-refractivity contribution in [2.24, 2.45) is 0 Å². The average molecular weight is 317 g/mol. The van der Waals surface area contributed by atoms with Crippen molar-refractivity contribution in [3.8, 4) is 0 Å². The number of nitrogen functional groups attached to an aromatic ring is 1. The van der Waals surface area contributed by atoms with E-state index in [1.165, 1.54) is 18.0 Å². The summed E-state index contributed by atoms with van der Waals surface area (Å²) < 4.78 is 38.8. The molecule has 2 N–H and O–H groups in total.